The van der Waals surface area contributed by atoms with Gasteiger partial charge in [-0.25, -0.2) is 0 Å². The van der Waals surface area contributed by atoms with Crippen LogP contribution < -0.4 is 10.1 Å². The zero-order valence-electron chi connectivity index (χ0n) is 17.3. The van der Waals surface area contributed by atoms with Crippen LogP contribution in [0.5, 0.6) is 5.75 Å². The monoisotopic (exact) mass is 402 g/mol. The summed E-state index contributed by atoms with van der Waals surface area (Å²) in [6.45, 7) is 2.53. The Balaban J connectivity index is 1.68. The second kappa shape index (κ2) is 8.91. The number of aryl methyl sites for hydroxylation is 1. The van der Waals surface area contributed by atoms with Crippen molar-refractivity contribution in [1.29, 1.82) is 0 Å². The maximum atomic E-state index is 12.8. The molecule has 4 rings (SSSR count). The van der Waals surface area contributed by atoms with E-state index in [1.807, 2.05) is 36.5 Å². The van der Waals surface area contributed by atoms with E-state index in [1.54, 1.807) is 13.4 Å². The highest BCUT2D eigenvalue weighted by Gasteiger charge is 2.22. The lowest BCUT2D eigenvalue weighted by Crippen LogP contribution is -2.24. The van der Waals surface area contributed by atoms with E-state index >= 15 is 0 Å². The molecule has 0 saturated heterocycles. The maximum Gasteiger partial charge on any atom is 0.221 e. The minimum Gasteiger partial charge on any atom is -0.497 e. The highest BCUT2D eigenvalue weighted by molar-refractivity contribution is 5.88. The number of methoxy groups -OCH3 is 1. The molecular formula is C25H26N2O3. The number of carbonyl (C=O) groups excluding carboxylic acids is 1. The number of furan rings is 1. The summed E-state index contributed by atoms with van der Waals surface area (Å²) in [4.78, 5) is 16.3. The van der Waals surface area contributed by atoms with Crippen molar-refractivity contribution in [3.8, 4) is 5.75 Å². The van der Waals surface area contributed by atoms with Gasteiger partial charge in [-0.05, 0) is 47.4 Å². The molecule has 0 spiro atoms. The molecule has 4 aromatic rings. The van der Waals surface area contributed by atoms with Gasteiger partial charge in [0.1, 0.15) is 11.5 Å². The summed E-state index contributed by atoms with van der Waals surface area (Å²) >= 11 is 0. The standard InChI is InChI=1S/C25H26N2O3/c1-3-17-7-5-11-21-23(16-27-25(17)21)22(18-8-4-9-19(13-18)29-2)14-24(28)26-15-20-10-6-12-30-20/h4-13,16,22,27H,3,14-15H2,1-2H3,(H,26,28). The Bertz CT molecular complexity index is 1130. The first-order chi connectivity index (χ1) is 14.7. The normalized spacial score (nSPS) is 12.1. The summed E-state index contributed by atoms with van der Waals surface area (Å²) in [7, 11) is 1.66. The van der Waals surface area contributed by atoms with Crippen molar-refractivity contribution in [2.24, 2.45) is 0 Å². The van der Waals surface area contributed by atoms with E-state index < -0.39 is 0 Å². The molecule has 2 aromatic heterocycles. The van der Waals surface area contributed by atoms with E-state index in [2.05, 4.69) is 41.5 Å². The van der Waals surface area contributed by atoms with Crippen molar-refractivity contribution in [2.75, 3.05) is 7.11 Å². The number of amides is 1. The predicted molar refractivity (Wildman–Crippen MR) is 118 cm³/mol. The first-order valence-corrected chi connectivity index (χ1v) is 10.2. The lowest BCUT2D eigenvalue weighted by molar-refractivity contribution is -0.121. The van der Waals surface area contributed by atoms with Gasteiger partial charge in [0, 0.05) is 29.4 Å². The highest BCUT2D eigenvalue weighted by Crippen LogP contribution is 2.35. The smallest absolute Gasteiger partial charge is 0.221 e. The van der Waals surface area contributed by atoms with E-state index in [0.29, 0.717) is 13.0 Å². The molecule has 154 valence electrons. The molecule has 5 nitrogen and oxygen atoms in total. The van der Waals surface area contributed by atoms with Crippen LogP contribution in [0.3, 0.4) is 0 Å². The third-order valence-electron chi connectivity index (χ3n) is 5.52. The van der Waals surface area contributed by atoms with Crippen molar-refractivity contribution < 1.29 is 13.9 Å². The molecule has 2 heterocycles. The van der Waals surface area contributed by atoms with Crippen molar-refractivity contribution in [2.45, 2.75) is 32.2 Å². The number of fused-ring (bicyclic) bond motifs is 1. The Kier molecular flexibility index (Phi) is 5.89. The van der Waals surface area contributed by atoms with E-state index in [1.165, 1.54) is 5.56 Å². The van der Waals surface area contributed by atoms with Crippen LogP contribution >= 0.6 is 0 Å². The molecule has 1 amide bonds. The third kappa shape index (κ3) is 4.10. The number of nitrogens with one attached hydrogen (secondary N) is 2. The summed E-state index contributed by atoms with van der Waals surface area (Å²) in [6.07, 6.45) is 4.92. The average Bonchev–Trinajstić information content (AvgIpc) is 3.46. The molecule has 2 N–H and O–H groups in total. The summed E-state index contributed by atoms with van der Waals surface area (Å²) in [6, 6.07) is 18.0. The fraction of sp³-hybridized carbons (Fsp3) is 0.240. The number of carbonyl (C=O) groups is 1. The van der Waals surface area contributed by atoms with Gasteiger partial charge in [0.15, 0.2) is 0 Å². The van der Waals surface area contributed by atoms with Gasteiger partial charge in [-0.3, -0.25) is 4.79 Å². The quantitative estimate of drug-likeness (QED) is 0.427. The number of para-hydroxylation sites is 1. The zero-order valence-corrected chi connectivity index (χ0v) is 17.3. The Morgan fingerprint density at radius 3 is 2.80 bits per heavy atom. The number of hydrogen-bond acceptors (Lipinski definition) is 3. The number of ether oxygens (including phenoxy) is 1. The van der Waals surface area contributed by atoms with E-state index in [0.717, 1.165) is 40.0 Å². The first kappa shape index (κ1) is 19.8. The second-order valence-electron chi connectivity index (χ2n) is 7.33. The molecule has 1 atom stereocenters. The van der Waals surface area contributed by atoms with E-state index in [9.17, 15) is 4.79 Å². The van der Waals surface area contributed by atoms with Gasteiger partial charge in [0.25, 0.3) is 0 Å². The first-order valence-electron chi connectivity index (χ1n) is 10.2. The number of aromatic amines is 1. The van der Waals surface area contributed by atoms with E-state index in [4.69, 9.17) is 9.15 Å². The molecule has 1 unspecified atom stereocenters. The van der Waals surface area contributed by atoms with Gasteiger partial charge < -0.3 is 19.5 Å². The molecule has 0 saturated carbocycles. The number of hydrogen-bond donors (Lipinski definition) is 2. The molecule has 30 heavy (non-hydrogen) atoms. The maximum absolute atomic E-state index is 12.8. The Hall–Kier alpha value is -3.47. The van der Waals surface area contributed by atoms with Crippen LogP contribution in [-0.4, -0.2) is 18.0 Å². The minimum atomic E-state index is -0.0995. The molecule has 0 fully saturated rings. The molecule has 0 bridgehead atoms. The van der Waals surface area contributed by atoms with Crippen molar-refractivity contribution in [3.05, 3.63) is 89.5 Å². The molecule has 0 aliphatic heterocycles. The van der Waals surface area contributed by atoms with Crippen LogP contribution in [-0.2, 0) is 17.8 Å². The van der Waals surface area contributed by atoms with Gasteiger partial charge in [-0.2, -0.15) is 0 Å². The largest absolute Gasteiger partial charge is 0.497 e. The van der Waals surface area contributed by atoms with Gasteiger partial charge >= 0.3 is 0 Å². The molecule has 0 aliphatic rings. The van der Waals surface area contributed by atoms with Gasteiger partial charge in [0.2, 0.25) is 5.91 Å². The molecule has 2 aromatic carbocycles. The summed E-state index contributed by atoms with van der Waals surface area (Å²) in [5.41, 5.74) is 4.57. The van der Waals surface area contributed by atoms with E-state index in [-0.39, 0.29) is 11.8 Å². The number of benzene rings is 2. The molecule has 0 aliphatic carbocycles. The molecule has 0 radical (unpaired) electrons. The topological polar surface area (TPSA) is 67.3 Å². The van der Waals surface area contributed by atoms with Gasteiger partial charge in [-0.1, -0.05) is 37.3 Å². The van der Waals surface area contributed by atoms with Gasteiger partial charge in [0.05, 0.1) is 19.9 Å². The van der Waals surface area contributed by atoms with Crippen LogP contribution in [0.2, 0.25) is 0 Å². The van der Waals surface area contributed by atoms with Crippen LogP contribution in [0.1, 0.15) is 41.7 Å². The minimum absolute atomic E-state index is 0.0276. The van der Waals surface area contributed by atoms with Crippen molar-refractivity contribution in [3.63, 3.8) is 0 Å². The lowest BCUT2D eigenvalue weighted by Gasteiger charge is -2.18. The lowest BCUT2D eigenvalue weighted by atomic mass is 9.87. The zero-order chi connectivity index (χ0) is 20.9. The third-order valence-corrected chi connectivity index (χ3v) is 5.52. The average molecular weight is 402 g/mol. The number of aromatic nitrogens is 1. The summed E-state index contributed by atoms with van der Waals surface area (Å²) < 4.78 is 10.8. The van der Waals surface area contributed by atoms with Crippen LogP contribution in [0.25, 0.3) is 10.9 Å². The molecule has 5 heteroatoms. The predicted octanol–water partition coefficient (Wildman–Crippen LogP) is 5.17. The summed E-state index contributed by atoms with van der Waals surface area (Å²) in [5.74, 6) is 1.39. The van der Waals surface area contributed by atoms with Crippen LogP contribution in [0, 0.1) is 0 Å². The van der Waals surface area contributed by atoms with Crippen molar-refractivity contribution >= 4 is 16.8 Å². The molecular weight excluding hydrogens is 376 g/mol. The van der Waals surface area contributed by atoms with Gasteiger partial charge in [-0.15, -0.1) is 0 Å². The van der Waals surface area contributed by atoms with Crippen molar-refractivity contribution in [1.82, 2.24) is 10.3 Å². The highest BCUT2D eigenvalue weighted by atomic mass is 16.5. The fourth-order valence-corrected chi connectivity index (χ4v) is 3.94. The Morgan fingerprint density at radius 1 is 1.17 bits per heavy atom. The number of rotatable bonds is 8. The summed E-state index contributed by atoms with van der Waals surface area (Å²) in [5, 5.41) is 4.13. The Labute approximate surface area is 176 Å². The Morgan fingerprint density at radius 2 is 2.03 bits per heavy atom. The SMILES string of the molecule is CCc1cccc2c(C(CC(=O)NCc3ccco3)c3cccc(OC)c3)c[nH]c12. The van der Waals surface area contributed by atoms with Crippen LogP contribution in [0.4, 0.5) is 0 Å². The second-order valence-corrected chi connectivity index (χ2v) is 7.33. The number of H-pyrrole nitrogens is 1. The van der Waals surface area contributed by atoms with Crippen LogP contribution in [0.15, 0.2) is 71.5 Å². The fourth-order valence-electron chi connectivity index (χ4n) is 3.94.